The van der Waals surface area contributed by atoms with E-state index < -0.39 is 11.4 Å². The van der Waals surface area contributed by atoms with Crippen molar-refractivity contribution in [3.63, 3.8) is 0 Å². The van der Waals surface area contributed by atoms with Crippen molar-refractivity contribution in [1.82, 2.24) is 29.9 Å². The van der Waals surface area contributed by atoms with Crippen LogP contribution in [0.4, 0.5) is 4.39 Å². The summed E-state index contributed by atoms with van der Waals surface area (Å²) in [6, 6.07) is 3.26. The molecule has 0 radical (unpaired) electrons. The zero-order valence-corrected chi connectivity index (χ0v) is 15.9. The van der Waals surface area contributed by atoms with Crippen molar-refractivity contribution < 1.29 is 14.0 Å². The van der Waals surface area contributed by atoms with E-state index >= 15 is 0 Å². The van der Waals surface area contributed by atoms with E-state index in [1.165, 1.54) is 10.9 Å². The van der Waals surface area contributed by atoms with Crippen LogP contribution in [0.25, 0.3) is 5.82 Å². The normalized spacial score (nSPS) is 20.7. The molecule has 1 N–H and O–H groups in total. The van der Waals surface area contributed by atoms with Gasteiger partial charge in [-0.25, -0.2) is 14.1 Å². The maximum Gasteiger partial charge on any atom is 0.249 e. The highest BCUT2D eigenvalue weighted by molar-refractivity contribution is 5.98. The number of amides is 2. The van der Waals surface area contributed by atoms with Crippen LogP contribution in [0.15, 0.2) is 30.7 Å². The first-order chi connectivity index (χ1) is 13.4. The molecule has 0 bridgehead atoms. The molecule has 4 rings (SSSR count). The molecule has 0 aliphatic carbocycles. The quantitative estimate of drug-likeness (QED) is 0.847. The third kappa shape index (κ3) is 2.95. The van der Waals surface area contributed by atoms with Crippen molar-refractivity contribution in [1.29, 1.82) is 0 Å². The Morgan fingerprint density at radius 2 is 1.96 bits per heavy atom. The third-order valence-electron chi connectivity index (χ3n) is 5.92. The molecule has 2 amide bonds. The molecule has 2 fully saturated rings. The minimum absolute atomic E-state index is 0.0122. The van der Waals surface area contributed by atoms with Crippen LogP contribution in [0, 0.1) is 5.82 Å². The van der Waals surface area contributed by atoms with E-state index in [2.05, 4.69) is 15.4 Å². The highest BCUT2D eigenvalue weighted by atomic mass is 19.1. The molecule has 2 aromatic heterocycles. The minimum atomic E-state index is -0.769. The largest absolute Gasteiger partial charge is 0.329 e. The lowest BCUT2D eigenvalue weighted by molar-refractivity contribution is -0.167. The van der Waals surface area contributed by atoms with Gasteiger partial charge >= 0.3 is 0 Å². The summed E-state index contributed by atoms with van der Waals surface area (Å²) in [7, 11) is 1.73. The van der Waals surface area contributed by atoms with Gasteiger partial charge in [0.25, 0.3) is 0 Å². The topological polar surface area (TPSA) is 83.4 Å². The summed E-state index contributed by atoms with van der Waals surface area (Å²) in [5.74, 6) is -0.0183. The summed E-state index contributed by atoms with van der Waals surface area (Å²) >= 11 is 0. The smallest absolute Gasteiger partial charge is 0.249 e. The molecule has 0 aromatic carbocycles. The number of nitrogens with one attached hydrogen (secondary N) is 1. The van der Waals surface area contributed by atoms with Gasteiger partial charge in [-0.1, -0.05) is 6.07 Å². The first-order valence-electron chi connectivity index (χ1n) is 9.37. The van der Waals surface area contributed by atoms with Crippen molar-refractivity contribution in [3.8, 4) is 5.82 Å². The number of carbonyl (C=O) groups excluding carboxylic acids is 2. The lowest BCUT2D eigenvalue weighted by atomic mass is 9.82. The molecular weight excluding hydrogens is 363 g/mol. The number of piperazine rings is 1. The Balaban J connectivity index is 1.59. The van der Waals surface area contributed by atoms with Crippen LogP contribution in [0.3, 0.4) is 0 Å². The van der Waals surface area contributed by atoms with Gasteiger partial charge in [-0.15, -0.1) is 0 Å². The average Bonchev–Trinajstić information content (AvgIpc) is 3.16. The number of hydrogen-bond donors (Lipinski definition) is 1. The SMILES string of the molecule is CC(c1ccc(-n2cc(F)cn2)nc1)N1CC(=O)N(C)C2(CCNCC2)C1=O. The second kappa shape index (κ2) is 6.97. The van der Waals surface area contributed by atoms with Crippen molar-refractivity contribution in [2.45, 2.75) is 31.3 Å². The second-order valence-corrected chi connectivity index (χ2v) is 7.40. The molecular formula is C19H23FN6O2. The van der Waals surface area contributed by atoms with Gasteiger partial charge in [0.2, 0.25) is 11.8 Å². The second-order valence-electron chi connectivity index (χ2n) is 7.40. The van der Waals surface area contributed by atoms with Crippen molar-refractivity contribution >= 4 is 11.8 Å². The minimum Gasteiger partial charge on any atom is -0.329 e. The molecule has 4 heterocycles. The molecule has 0 saturated carbocycles. The maximum atomic E-state index is 13.4. The Labute approximate surface area is 162 Å². The lowest BCUT2D eigenvalue weighted by Crippen LogP contribution is -2.69. The zero-order valence-electron chi connectivity index (χ0n) is 15.9. The molecule has 28 heavy (non-hydrogen) atoms. The van der Waals surface area contributed by atoms with Crippen LogP contribution in [-0.4, -0.2) is 68.6 Å². The van der Waals surface area contributed by atoms with E-state index in [1.54, 1.807) is 29.1 Å². The summed E-state index contributed by atoms with van der Waals surface area (Å²) in [6.07, 6.45) is 5.23. The fourth-order valence-corrected chi connectivity index (χ4v) is 4.06. The summed E-state index contributed by atoms with van der Waals surface area (Å²) < 4.78 is 14.5. The Bertz CT molecular complexity index is 890. The van der Waals surface area contributed by atoms with E-state index in [0.717, 1.165) is 11.8 Å². The van der Waals surface area contributed by atoms with Crippen LogP contribution in [0.2, 0.25) is 0 Å². The molecule has 148 valence electrons. The van der Waals surface area contributed by atoms with Gasteiger partial charge in [0.05, 0.1) is 18.4 Å². The summed E-state index contributed by atoms with van der Waals surface area (Å²) in [5.41, 5.74) is 0.0422. The number of piperidine rings is 1. The van der Waals surface area contributed by atoms with Crippen LogP contribution in [-0.2, 0) is 9.59 Å². The standard InChI is InChI=1S/C19H23FN6O2/c1-13(14-3-4-16(22-9-14)26-11-15(20)10-23-26)25-12-17(27)24(2)19(18(25)28)5-7-21-8-6-19/h3-4,9-11,13,21H,5-8,12H2,1-2H3. The lowest BCUT2D eigenvalue weighted by Gasteiger charge is -2.51. The molecule has 2 aromatic rings. The number of aromatic nitrogens is 3. The molecule has 1 atom stereocenters. The molecule has 2 aliphatic rings. The number of pyridine rings is 1. The Morgan fingerprint density at radius 1 is 1.21 bits per heavy atom. The van der Waals surface area contributed by atoms with E-state index in [4.69, 9.17) is 0 Å². The van der Waals surface area contributed by atoms with Gasteiger partial charge < -0.3 is 15.1 Å². The number of carbonyl (C=O) groups is 2. The Morgan fingerprint density at radius 3 is 2.57 bits per heavy atom. The molecule has 1 unspecified atom stereocenters. The number of halogens is 1. The zero-order chi connectivity index (χ0) is 19.9. The molecule has 8 nitrogen and oxygen atoms in total. The van der Waals surface area contributed by atoms with Gasteiger partial charge in [-0.3, -0.25) is 9.59 Å². The van der Waals surface area contributed by atoms with Crippen molar-refractivity contribution in [2.24, 2.45) is 0 Å². The predicted molar refractivity (Wildman–Crippen MR) is 99.0 cm³/mol. The van der Waals surface area contributed by atoms with E-state index in [9.17, 15) is 14.0 Å². The monoisotopic (exact) mass is 386 g/mol. The highest BCUT2D eigenvalue weighted by Crippen LogP contribution is 2.35. The van der Waals surface area contributed by atoms with Crippen LogP contribution >= 0.6 is 0 Å². The predicted octanol–water partition coefficient (Wildman–Crippen LogP) is 0.890. The highest BCUT2D eigenvalue weighted by Gasteiger charge is 2.52. The van der Waals surface area contributed by atoms with Crippen LogP contribution < -0.4 is 5.32 Å². The molecule has 2 aliphatic heterocycles. The summed E-state index contributed by atoms with van der Waals surface area (Å²) in [5, 5.41) is 7.15. The number of likely N-dealkylation sites (N-methyl/N-ethyl adjacent to an activating group) is 1. The maximum absolute atomic E-state index is 13.4. The average molecular weight is 386 g/mol. The summed E-state index contributed by atoms with van der Waals surface area (Å²) in [4.78, 5) is 33.7. The fraction of sp³-hybridized carbons (Fsp3) is 0.474. The first kappa shape index (κ1) is 18.5. The van der Waals surface area contributed by atoms with Gasteiger partial charge in [0.1, 0.15) is 12.1 Å². The fourth-order valence-electron chi connectivity index (χ4n) is 4.06. The van der Waals surface area contributed by atoms with E-state index in [0.29, 0.717) is 31.7 Å². The molecule has 2 saturated heterocycles. The van der Waals surface area contributed by atoms with Crippen LogP contribution in [0.1, 0.15) is 31.4 Å². The molecule has 1 spiro atoms. The summed E-state index contributed by atoms with van der Waals surface area (Å²) in [6.45, 7) is 3.37. The van der Waals surface area contributed by atoms with Gasteiger partial charge in [-0.2, -0.15) is 5.10 Å². The third-order valence-corrected chi connectivity index (χ3v) is 5.92. The number of nitrogens with zero attached hydrogens (tertiary/aromatic N) is 5. The van der Waals surface area contributed by atoms with Gasteiger partial charge in [0.15, 0.2) is 11.6 Å². The van der Waals surface area contributed by atoms with E-state index in [1.807, 2.05) is 13.0 Å². The van der Waals surface area contributed by atoms with Crippen molar-refractivity contribution in [2.75, 3.05) is 26.7 Å². The molecule has 9 heteroatoms. The number of rotatable bonds is 3. The van der Waals surface area contributed by atoms with Gasteiger partial charge in [0, 0.05) is 13.2 Å². The van der Waals surface area contributed by atoms with Crippen molar-refractivity contribution in [3.05, 3.63) is 42.1 Å². The number of hydrogen-bond acceptors (Lipinski definition) is 5. The van der Waals surface area contributed by atoms with Crippen LogP contribution in [0.5, 0.6) is 0 Å². The first-order valence-corrected chi connectivity index (χ1v) is 9.37. The Kier molecular flexibility index (Phi) is 4.62. The van der Waals surface area contributed by atoms with E-state index in [-0.39, 0.29) is 24.4 Å². The Hall–Kier alpha value is -2.81. The van der Waals surface area contributed by atoms with Gasteiger partial charge in [-0.05, 0) is 44.5 Å².